The smallest absolute Gasteiger partial charge is 0.0886 e. The molecule has 2 N–H and O–H groups in total. The summed E-state index contributed by atoms with van der Waals surface area (Å²) in [7, 11) is 0. The highest BCUT2D eigenvalue weighted by atomic mass is 16.3. The van der Waals surface area contributed by atoms with Crippen molar-refractivity contribution in [1.82, 2.24) is 5.32 Å². The van der Waals surface area contributed by atoms with E-state index in [1.54, 1.807) is 0 Å². The van der Waals surface area contributed by atoms with Gasteiger partial charge in [0, 0.05) is 11.1 Å². The van der Waals surface area contributed by atoms with Crippen LogP contribution >= 0.6 is 0 Å². The highest BCUT2D eigenvalue weighted by molar-refractivity contribution is 5.18. The number of hydrogen-bond donors (Lipinski definition) is 2. The third kappa shape index (κ3) is 2.37. The maximum Gasteiger partial charge on any atom is 0.0886 e. The summed E-state index contributed by atoms with van der Waals surface area (Å²) in [5, 5.41) is 14.0. The molecule has 0 aromatic carbocycles. The molecular weight excluding hydrogens is 174 g/mol. The SMILES string of the molecule is C=C(C)C1(O)CC(C)(C)NC(C)(C)C1. The Morgan fingerprint density at radius 3 is 1.79 bits per heavy atom. The van der Waals surface area contributed by atoms with Gasteiger partial charge in [-0.25, -0.2) is 0 Å². The largest absolute Gasteiger partial charge is 0.385 e. The van der Waals surface area contributed by atoms with Crippen LogP contribution in [-0.2, 0) is 0 Å². The first-order chi connectivity index (χ1) is 6.06. The summed E-state index contributed by atoms with van der Waals surface area (Å²) in [5.74, 6) is 0. The Morgan fingerprint density at radius 2 is 1.50 bits per heavy atom. The van der Waals surface area contributed by atoms with E-state index in [1.165, 1.54) is 0 Å². The van der Waals surface area contributed by atoms with E-state index in [4.69, 9.17) is 0 Å². The highest BCUT2D eigenvalue weighted by Crippen LogP contribution is 2.39. The maximum absolute atomic E-state index is 10.5. The molecule has 0 spiro atoms. The molecule has 1 rings (SSSR count). The molecule has 0 bridgehead atoms. The van der Waals surface area contributed by atoms with Gasteiger partial charge >= 0.3 is 0 Å². The number of rotatable bonds is 1. The van der Waals surface area contributed by atoms with E-state index >= 15 is 0 Å². The van der Waals surface area contributed by atoms with Gasteiger partial charge < -0.3 is 10.4 Å². The standard InChI is InChI=1S/C12H23NO/c1-9(2)12(14)7-10(3,4)13-11(5,6)8-12/h13-14H,1,7-8H2,2-6H3. The van der Waals surface area contributed by atoms with E-state index in [0.29, 0.717) is 0 Å². The zero-order valence-electron chi connectivity index (χ0n) is 10.1. The summed E-state index contributed by atoms with van der Waals surface area (Å²) in [6.45, 7) is 14.3. The molecule has 0 radical (unpaired) electrons. The molecule has 1 heterocycles. The summed E-state index contributed by atoms with van der Waals surface area (Å²) in [6.07, 6.45) is 1.47. The van der Waals surface area contributed by atoms with Gasteiger partial charge in [-0.1, -0.05) is 6.58 Å². The van der Waals surface area contributed by atoms with Crippen molar-refractivity contribution in [3.63, 3.8) is 0 Å². The van der Waals surface area contributed by atoms with Crippen LogP contribution < -0.4 is 5.32 Å². The van der Waals surface area contributed by atoms with Crippen molar-refractivity contribution in [2.24, 2.45) is 0 Å². The van der Waals surface area contributed by atoms with E-state index < -0.39 is 5.60 Å². The number of nitrogens with one attached hydrogen (secondary N) is 1. The molecule has 1 saturated heterocycles. The molecule has 1 aliphatic rings. The summed E-state index contributed by atoms with van der Waals surface area (Å²) in [5.41, 5.74) is 0.100. The minimum atomic E-state index is -0.710. The van der Waals surface area contributed by atoms with Crippen molar-refractivity contribution in [1.29, 1.82) is 0 Å². The molecule has 2 heteroatoms. The van der Waals surface area contributed by atoms with Gasteiger partial charge in [-0.2, -0.15) is 0 Å². The van der Waals surface area contributed by atoms with Crippen LogP contribution in [0.15, 0.2) is 12.2 Å². The Kier molecular flexibility index (Phi) is 2.58. The number of hydrogen-bond acceptors (Lipinski definition) is 2. The summed E-state index contributed by atoms with van der Waals surface area (Å²) in [6, 6.07) is 0. The van der Waals surface area contributed by atoms with Crippen LogP contribution in [0.5, 0.6) is 0 Å². The van der Waals surface area contributed by atoms with Crippen LogP contribution in [0.1, 0.15) is 47.5 Å². The van der Waals surface area contributed by atoms with Gasteiger partial charge in [0.15, 0.2) is 0 Å². The number of piperidine rings is 1. The van der Waals surface area contributed by atoms with Gasteiger partial charge in [0.25, 0.3) is 0 Å². The minimum Gasteiger partial charge on any atom is -0.385 e. The van der Waals surface area contributed by atoms with E-state index in [2.05, 4.69) is 39.6 Å². The van der Waals surface area contributed by atoms with Gasteiger partial charge in [0.1, 0.15) is 0 Å². The molecular formula is C12H23NO. The van der Waals surface area contributed by atoms with Crippen LogP contribution in [0.25, 0.3) is 0 Å². The fourth-order valence-corrected chi connectivity index (χ4v) is 2.83. The molecule has 1 aliphatic heterocycles. The topological polar surface area (TPSA) is 32.3 Å². The van der Waals surface area contributed by atoms with Crippen LogP contribution in [0, 0.1) is 0 Å². The van der Waals surface area contributed by atoms with Crippen molar-refractivity contribution in [2.75, 3.05) is 0 Å². The van der Waals surface area contributed by atoms with Gasteiger partial charge in [0.2, 0.25) is 0 Å². The summed E-state index contributed by atoms with van der Waals surface area (Å²) < 4.78 is 0. The average molecular weight is 197 g/mol. The molecule has 0 aromatic rings. The van der Waals surface area contributed by atoms with Crippen molar-refractivity contribution in [2.45, 2.75) is 64.1 Å². The molecule has 82 valence electrons. The zero-order valence-corrected chi connectivity index (χ0v) is 10.1. The maximum atomic E-state index is 10.5. The van der Waals surface area contributed by atoms with E-state index in [1.807, 2.05) is 6.92 Å². The third-order valence-corrected chi connectivity index (χ3v) is 2.94. The summed E-state index contributed by atoms with van der Waals surface area (Å²) >= 11 is 0. The fraction of sp³-hybridized carbons (Fsp3) is 0.833. The number of aliphatic hydroxyl groups is 1. The molecule has 2 nitrogen and oxygen atoms in total. The molecule has 0 aliphatic carbocycles. The molecule has 1 fully saturated rings. The second kappa shape index (κ2) is 3.07. The van der Waals surface area contributed by atoms with E-state index in [0.717, 1.165) is 18.4 Å². The quantitative estimate of drug-likeness (QED) is 0.632. The second-order valence-corrected chi connectivity index (χ2v) is 6.06. The molecule has 0 saturated carbocycles. The molecule has 0 atom stereocenters. The van der Waals surface area contributed by atoms with E-state index in [9.17, 15) is 5.11 Å². The monoisotopic (exact) mass is 197 g/mol. The second-order valence-electron chi connectivity index (χ2n) is 6.06. The Hall–Kier alpha value is -0.340. The molecule has 14 heavy (non-hydrogen) atoms. The lowest BCUT2D eigenvalue weighted by molar-refractivity contribution is -0.0278. The Labute approximate surface area is 87.4 Å². The van der Waals surface area contributed by atoms with E-state index in [-0.39, 0.29) is 11.1 Å². The lowest BCUT2D eigenvalue weighted by atomic mass is 9.70. The van der Waals surface area contributed by atoms with Crippen molar-refractivity contribution in [3.05, 3.63) is 12.2 Å². The van der Waals surface area contributed by atoms with Crippen LogP contribution in [-0.4, -0.2) is 21.8 Å². The normalized spacial score (nSPS) is 28.4. The molecule has 0 unspecified atom stereocenters. The van der Waals surface area contributed by atoms with Gasteiger partial charge in [-0.15, -0.1) is 0 Å². The first-order valence-electron chi connectivity index (χ1n) is 5.24. The lowest BCUT2D eigenvalue weighted by Crippen LogP contribution is -2.63. The Morgan fingerprint density at radius 1 is 1.14 bits per heavy atom. The van der Waals surface area contributed by atoms with Crippen LogP contribution in [0.3, 0.4) is 0 Å². The van der Waals surface area contributed by atoms with Crippen molar-refractivity contribution >= 4 is 0 Å². The van der Waals surface area contributed by atoms with Gasteiger partial charge in [-0.05, 0) is 53.0 Å². The Bertz CT molecular complexity index is 237. The minimum absolute atomic E-state index is 0.0323. The highest BCUT2D eigenvalue weighted by Gasteiger charge is 2.46. The van der Waals surface area contributed by atoms with Crippen LogP contribution in [0.4, 0.5) is 0 Å². The first kappa shape index (κ1) is 11.7. The predicted molar refractivity (Wildman–Crippen MR) is 60.3 cm³/mol. The molecule has 0 amide bonds. The van der Waals surface area contributed by atoms with Gasteiger partial charge in [-0.3, -0.25) is 0 Å². The summed E-state index contributed by atoms with van der Waals surface area (Å²) in [4.78, 5) is 0. The fourth-order valence-electron chi connectivity index (χ4n) is 2.83. The van der Waals surface area contributed by atoms with Crippen molar-refractivity contribution < 1.29 is 5.11 Å². The lowest BCUT2D eigenvalue weighted by Gasteiger charge is -2.51. The average Bonchev–Trinajstić information content (AvgIpc) is 1.76. The van der Waals surface area contributed by atoms with Crippen molar-refractivity contribution in [3.8, 4) is 0 Å². The zero-order chi connectivity index (χ0) is 11.2. The first-order valence-corrected chi connectivity index (χ1v) is 5.24. The van der Waals surface area contributed by atoms with Crippen LogP contribution in [0.2, 0.25) is 0 Å². The Balaban J connectivity index is 2.97. The predicted octanol–water partition coefficient (Wildman–Crippen LogP) is 2.23. The third-order valence-electron chi connectivity index (χ3n) is 2.94. The van der Waals surface area contributed by atoms with Gasteiger partial charge in [0.05, 0.1) is 5.60 Å². The molecule has 0 aromatic heterocycles.